The van der Waals surface area contributed by atoms with E-state index in [9.17, 15) is 18.7 Å². The van der Waals surface area contributed by atoms with Gasteiger partial charge in [-0.1, -0.05) is 11.3 Å². The minimum Gasteiger partial charge on any atom is -0.494 e. The fourth-order valence-corrected chi connectivity index (χ4v) is 5.10. The molecule has 10 nitrogen and oxygen atoms in total. The number of ether oxygens (including phenoxy) is 1. The molecule has 2 N–H and O–H groups in total. The third-order valence-electron chi connectivity index (χ3n) is 6.06. The van der Waals surface area contributed by atoms with E-state index in [0.29, 0.717) is 47.8 Å². The van der Waals surface area contributed by atoms with E-state index in [1.54, 1.807) is 25.3 Å². The van der Waals surface area contributed by atoms with E-state index in [1.807, 2.05) is 4.90 Å². The average molecular weight is 528 g/mol. The Balaban J connectivity index is 1.52. The summed E-state index contributed by atoms with van der Waals surface area (Å²) in [5.41, 5.74) is 0.412. The highest BCUT2D eigenvalue weighted by atomic mass is 32.1. The zero-order chi connectivity index (χ0) is 26.1. The van der Waals surface area contributed by atoms with Crippen molar-refractivity contribution in [2.45, 2.75) is 32.3 Å². The van der Waals surface area contributed by atoms with Gasteiger partial charge < -0.3 is 14.7 Å². The zero-order valence-electron chi connectivity index (χ0n) is 20.0. The van der Waals surface area contributed by atoms with Gasteiger partial charge in [-0.15, -0.1) is 0 Å². The highest BCUT2D eigenvalue weighted by Gasteiger charge is 2.30. The first-order valence-corrected chi connectivity index (χ1v) is 12.3. The van der Waals surface area contributed by atoms with Gasteiger partial charge in [0, 0.05) is 31.0 Å². The van der Waals surface area contributed by atoms with Gasteiger partial charge in [-0.2, -0.15) is 4.98 Å². The van der Waals surface area contributed by atoms with Crippen LogP contribution in [0.1, 0.15) is 41.0 Å². The first-order chi connectivity index (χ1) is 17.9. The molecule has 0 bridgehead atoms. The van der Waals surface area contributed by atoms with Gasteiger partial charge in [-0.25, -0.2) is 23.7 Å². The molecule has 1 aliphatic rings. The number of hydrogen-bond acceptors (Lipinski definition) is 10. The first-order valence-electron chi connectivity index (χ1n) is 11.5. The molecule has 37 heavy (non-hydrogen) atoms. The van der Waals surface area contributed by atoms with Crippen molar-refractivity contribution < 1.29 is 23.4 Å². The fraction of sp³-hybridized carbons (Fsp3) is 0.333. The Kier molecular flexibility index (Phi) is 6.89. The molecule has 4 aromatic heterocycles. The number of carbonyl (C=O) groups is 1. The second-order valence-corrected chi connectivity index (χ2v) is 9.43. The van der Waals surface area contributed by atoms with Crippen molar-refractivity contribution in [2.75, 3.05) is 30.4 Å². The number of nitrogens with zero attached hydrogens (tertiary/aromatic N) is 6. The van der Waals surface area contributed by atoms with Crippen LogP contribution >= 0.6 is 11.3 Å². The molecule has 0 saturated carbocycles. The summed E-state index contributed by atoms with van der Waals surface area (Å²) in [4.78, 5) is 37.2. The lowest BCUT2D eigenvalue weighted by atomic mass is 9.96. The van der Waals surface area contributed by atoms with Crippen LogP contribution in [0.25, 0.3) is 21.5 Å². The van der Waals surface area contributed by atoms with E-state index in [1.165, 1.54) is 19.5 Å². The average Bonchev–Trinajstić information content (AvgIpc) is 3.30. The number of aliphatic hydroxyl groups is 1. The van der Waals surface area contributed by atoms with Crippen molar-refractivity contribution >= 4 is 38.7 Å². The van der Waals surface area contributed by atoms with Crippen molar-refractivity contribution in [1.82, 2.24) is 24.9 Å². The van der Waals surface area contributed by atoms with Gasteiger partial charge in [0.2, 0.25) is 5.95 Å². The predicted octanol–water partition coefficient (Wildman–Crippen LogP) is 4.01. The number of piperidine rings is 1. The number of amides is 1. The Bertz CT molecular complexity index is 1440. The number of alkyl halides is 2. The summed E-state index contributed by atoms with van der Waals surface area (Å²) < 4.78 is 33.7. The number of aryl methyl sites for hydroxylation is 1. The molecule has 0 radical (unpaired) electrons. The quantitative estimate of drug-likeness (QED) is 0.382. The zero-order valence-corrected chi connectivity index (χ0v) is 20.8. The molecule has 1 amide bonds. The Morgan fingerprint density at radius 3 is 2.62 bits per heavy atom. The Morgan fingerprint density at radius 1 is 1.22 bits per heavy atom. The Labute approximate surface area is 214 Å². The van der Waals surface area contributed by atoms with E-state index in [0.717, 1.165) is 11.3 Å². The molecule has 0 atom stereocenters. The lowest BCUT2D eigenvalue weighted by molar-refractivity contribution is 0.100. The number of hydrogen-bond donors (Lipinski definition) is 2. The first kappa shape index (κ1) is 24.8. The summed E-state index contributed by atoms with van der Waals surface area (Å²) in [6, 6.07) is 3.22. The van der Waals surface area contributed by atoms with Crippen molar-refractivity contribution in [2.24, 2.45) is 0 Å². The Hall–Kier alpha value is -3.84. The Morgan fingerprint density at radius 2 is 1.95 bits per heavy atom. The normalized spacial score (nSPS) is 14.4. The minimum atomic E-state index is -3.00. The number of anilines is 2. The second kappa shape index (κ2) is 10.3. The van der Waals surface area contributed by atoms with Crippen LogP contribution in [-0.2, 0) is 0 Å². The maximum absolute atomic E-state index is 14.1. The number of rotatable bonds is 6. The van der Waals surface area contributed by atoms with Gasteiger partial charge in [0.15, 0.2) is 9.96 Å². The van der Waals surface area contributed by atoms with E-state index in [-0.39, 0.29) is 33.8 Å². The molecule has 1 fully saturated rings. The summed E-state index contributed by atoms with van der Waals surface area (Å²) >= 11 is 1.11. The van der Waals surface area contributed by atoms with Gasteiger partial charge >= 0.3 is 0 Å². The standard InChI is InChI=1S/C24H23F2N7O3S/c1-12-19(36-2)16(13-3-7-27-8-4-13)17(18(29-12)20(25)26)21(35)31-24-30-15-11-28-23(32-22(15)37-24)33-9-5-14(34)6-10-33/h3-4,7-8,11,14,20,34H,5-6,9-10H2,1-2H3,(H,30,31,35). The second-order valence-electron chi connectivity index (χ2n) is 8.45. The maximum Gasteiger partial charge on any atom is 0.281 e. The molecule has 4 aromatic rings. The topological polar surface area (TPSA) is 126 Å². The number of halogens is 2. The van der Waals surface area contributed by atoms with Crippen LogP contribution in [0.3, 0.4) is 0 Å². The van der Waals surface area contributed by atoms with Gasteiger partial charge in [0.1, 0.15) is 17.0 Å². The minimum absolute atomic E-state index is 0.181. The third-order valence-corrected chi connectivity index (χ3v) is 6.94. The number of nitrogens with one attached hydrogen (secondary N) is 1. The number of methoxy groups -OCH3 is 1. The highest BCUT2D eigenvalue weighted by Crippen LogP contribution is 2.40. The number of carbonyl (C=O) groups excluding carboxylic acids is 1. The van der Waals surface area contributed by atoms with E-state index >= 15 is 0 Å². The summed E-state index contributed by atoms with van der Waals surface area (Å²) in [5, 5.41) is 12.6. The fourth-order valence-electron chi connectivity index (χ4n) is 4.30. The van der Waals surface area contributed by atoms with Crippen LogP contribution in [-0.4, -0.2) is 62.2 Å². The van der Waals surface area contributed by atoms with Gasteiger partial charge in [0.05, 0.1) is 30.7 Å². The molecule has 1 saturated heterocycles. The lowest BCUT2D eigenvalue weighted by Crippen LogP contribution is -2.36. The summed E-state index contributed by atoms with van der Waals surface area (Å²) in [5.74, 6) is -0.0780. The van der Waals surface area contributed by atoms with Crippen molar-refractivity contribution in [3.05, 3.63) is 47.7 Å². The number of thiazole rings is 1. The highest BCUT2D eigenvalue weighted by molar-refractivity contribution is 7.22. The van der Waals surface area contributed by atoms with Crippen molar-refractivity contribution in [3.63, 3.8) is 0 Å². The number of aromatic nitrogens is 5. The lowest BCUT2D eigenvalue weighted by Gasteiger charge is -2.29. The maximum atomic E-state index is 14.1. The predicted molar refractivity (Wildman–Crippen MR) is 134 cm³/mol. The van der Waals surface area contributed by atoms with Crippen LogP contribution in [0.4, 0.5) is 19.9 Å². The van der Waals surface area contributed by atoms with Crippen LogP contribution in [0.2, 0.25) is 0 Å². The molecular formula is C24H23F2N7O3S. The van der Waals surface area contributed by atoms with Gasteiger partial charge in [-0.3, -0.25) is 15.1 Å². The molecule has 192 valence electrons. The smallest absolute Gasteiger partial charge is 0.281 e. The number of fused-ring (bicyclic) bond motifs is 1. The largest absolute Gasteiger partial charge is 0.494 e. The van der Waals surface area contributed by atoms with Crippen molar-refractivity contribution in [1.29, 1.82) is 0 Å². The summed E-state index contributed by atoms with van der Waals surface area (Å²) in [6.07, 6.45) is 2.49. The van der Waals surface area contributed by atoms with Crippen LogP contribution in [0.15, 0.2) is 30.7 Å². The number of aliphatic hydroxyl groups excluding tert-OH is 1. The SMILES string of the molecule is COc1c(C)nc(C(F)F)c(C(=O)Nc2nc3cnc(N4CCC(O)CC4)nc3s2)c1-c1ccncc1. The molecule has 13 heteroatoms. The van der Waals surface area contributed by atoms with Crippen LogP contribution in [0, 0.1) is 6.92 Å². The molecule has 0 aromatic carbocycles. The number of pyridine rings is 2. The van der Waals surface area contributed by atoms with Crippen molar-refractivity contribution in [3.8, 4) is 16.9 Å². The summed E-state index contributed by atoms with van der Waals surface area (Å²) in [7, 11) is 1.39. The monoisotopic (exact) mass is 527 g/mol. The van der Waals surface area contributed by atoms with Crippen LogP contribution in [0.5, 0.6) is 5.75 Å². The molecular weight excluding hydrogens is 504 g/mol. The van der Waals surface area contributed by atoms with E-state index < -0.39 is 18.0 Å². The molecule has 5 rings (SSSR count). The molecule has 5 heterocycles. The molecule has 0 aliphatic carbocycles. The van der Waals surface area contributed by atoms with E-state index in [4.69, 9.17) is 4.74 Å². The molecule has 1 aliphatic heterocycles. The van der Waals surface area contributed by atoms with Gasteiger partial charge in [0.25, 0.3) is 12.3 Å². The van der Waals surface area contributed by atoms with Crippen LogP contribution < -0.4 is 15.0 Å². The third kappa shape index (κ3) is 4.91. The summed E-state index contributed by atoms with van der Waals surface area (Å²) in [6.45, 7) is 2.81. The van der Waals surface area contributed by atoms with E-state index in [2.05, 4.69) is 30.2 Å². The molecule has 0 spiro atoms. The molecule has 0 unspecified atom stereocenters. The van der Waals surface area contributed by atoms with Gasteiger partial charge in [-0.05, 0) is 37.5 Å².